The number of phenolic OH excluding ortho intramolecular Hbond substituents is 1. The van der Waals surface area contributed by atoms with E-state index in [0.29, 0.717) is 28.5 Å². The maximum absolute atomic E-state index is 11.6. The lowest BCUT2D eigenvalue weighted by molar-refractivity contribution is -0.384. The molecule has 5 N–H and O–H groups in total. The highest BCUT2D eigenvalue weighted by molar-refractivity contribution is 7.80. The second-order valence-corrected chi connectivity index (χ2v) is 6.90. The van der Waals surface area contributed by atoms with Gasteiger partial charge in [-0.3, -0.25) is 10.1 Å². The minimum atomic E-state index is -0.799. The molecule has 0 spiro atoms. The average Bonchev–Trinajstić information content (AvgIpc) is 2.74. The molecular formula is C20H24N4O6S. The highest BCUT2D eigenvalue weighted by Crippen LogP contribution is 2.22. The second-order valence-electron chi connectivity index (χ2n) is 6.49. The van der Waals surface area contributed by atoms with Gasteiger partial charge in [-0.25, -0.2) is 4.79 Å². The number of anilines is 1. The molecule has 166 valence electrons. The van der Waals surface area contributed by atoms with Gasteiger partial charge in [0.05, 0.1) is 23.2 Å². The Labute approximate surface area is 184 Å². The summed E-state index contributed by atoms with van der Waals surface area (Å²) in [4.78, 5) is 21.9. The van der Waals surface area contributed by atoms with E-state index in [1.165, 1.54) is 18.2 Å². The van der Waals surface area contributed by atoms with Crippen LogP contribution in [0.1, 0.15) is 22.8 Å². The van der Waals surface area contributed by atoms with Crippen molar-refractivity contribution >= 4 is 34.7 Å². The van der Waals surface area contributed by atoms with E-state index in [9.17, 15) is 25.1 Å². The predicted molar refractivity (Wildman–Crippen MR) is 119 cm³/mol. The summed E-state index contributed by atoms with van der Waals surface area (Å²) in [5.74, 6) is -0.464. The highest BCUT2D eigenvalue weighted by Gasteiger charge is 2.11. The van der Waals surface area contributed by atoms with Gasteiger partial charge < -0.3 is 30.9 Å². The Morgan fingerprint density at radius 1 is 1.23 bits per heavy atom. The molecule has 1 atom stereocenters. The van der Waals surface area contributed by atoms with E-state index in [1.807, 2.05) is 0 Å². The smallest absolute Gasteiger partial charge is 0.338 e. The van der Waals surface area contributed by atoms with E-state index >= 15 is 0 Å². The zero-order valence-electron chi connectivity index (χ0n) is 16.8. The van der Waals surface area contributed by atoms with Crippen molar-refractivity contribution < 1.29 is 24.7 Å². The number of benzene rings is 2. The third-order valence-electron chi connectivity index (χ3n) is 4.12. The molecule has 0 radical (unpaired) electrons. The lowest BCUT2D eigenvalue weighted by atomic mass is 10.1. The summed E-state index contributed by atoms with van der Waals surface area (Å²) in [6.07, 6.45) is -0.799. The average molecular weight is 449 g/mol. The van der Waals surface area contributed by atoms with Crippen molar-refractivity contribution in [3.63, 3.8) is 0 Å². The van der Waals surface area contributed by atoms with Crippen LogP contribution in [0.25, 0.3) is 0 Å². The Balaban J connectivity index is 1.73. The van der Waals surface area contributed by atoms with Gasteiger partial charge in [-0.15, -0.1) is 0 Å². The largest absolute Gasteiger partial charge is 0.508 e. The number of ether oxygens (including phenoxy) is 1. The van der Waals surface area contributed by atoms with Crippen molar-refractivity contribution in [3.8, 4) is 5.75 Å². The van der Waals surface area contributed by atoms with Crippen LogP contribution in [-0.2, 0) is 11.3 Å². The van der Waals surface area contributed by atoms with Gasteiger partial charge in [0.15, 0.2) is 5.11 Å². The Kier molecular flexibility index (Phi) is 9.13. The minimum absolute atomic E-state index is 0.0648. The molecule has 31 heavy (non-hydrogen) atoms. The molecule has 2 aromatic carbocycles. The van der Waals surface area contributed by atoms with Gasteiger partial charge in [0.2, 0.25) is 0 Å². The van der Waals surface area contributed by atoms with E-state index in [4.69, 9.17) is 17.0 Å². The number of nitrogens with one attached hydrogen (secondary N) is 3. The zero-order chi connectivity index (χ0) is 22.8. The first-order chi connectivity index (χ1) is 14.8. The lowest BCUT2D eigenvalue weighted by Gasteiger charge is -2.15. The van der Waals surface area contributed by atoms with Crippen molar-refractivity contribution in [3.05, 3.63) is 63.7 Å². The van der Waals surface area contributed by atoms with Crippen LogP contribution in [-0.4, -0.2) is 52.0 Å². The molecule has 0 aliphatic heterocycles. The standard InChI is InChI=1S/C20H24N4O6S/c1-2-30-19(27)13-3-5-15(6-4-13)23-20(31)22-12-17(25)11-21-10-14-9-16(24(28)29)7-8-18(14)26/h3-9,17,21,25-26H,2,10-12H2,1H3,(H2,22,23,31). The summed E-state index contributed by atoms with van der Waals surface area (Å²) in [6.45, 7) is 2.52. The summed E-state index contributed by atoms with van der Waals surface area (Å²) >= 11 is 5.18. The molecule has 10 nitrogen and oxygen atoms in total. The molecule has 0 aliphatic rings. The first-order valence-electron chi connectivity index (χ1n) is 9.47. The van der Waals surface area contributed by atoms with Gasteiger partial charge in [0.1, 0.15) is 5.75 Å². The number of hydrogen-bond acceptors (Lipinski definition) is 8. The molecule has 0 saturated heterocycles. The van der Waals surface area contributed by atoms with Crippen molar-refractivity contribution in [2.75, 3.05) is 25.0 Å². The molecular weight excluding hydrogens is 424 g/mol. The Morgan fingerprint density at radius 3 is 2.58 bits per heavy atom. The Morgan fingerprint density at radius 2 is 1.94 bits per heavy atom. The summed E-state index contributed by atoms with van der Waals surface area (Å²) in [6, 6.07) is 10.4. The number of aliphatic hydroxyl groups is 1. The zero-order valence-corrected chi connectivity index (χ0v) is 17.6. The van der Waals surface area contributed by atoms with Crippen LogP contribution in [0.5, 0.6) is 5.75 Å². The number of phenols is 1. The number of nitro groups is 1. The minimum Gasteiger partial charge on any atom is -0.508 e. The monoisotopic (exact) mass is 448 g/mol. The molecule has 0 fully saturated rings. The van der Waals surface area contributed by atoms with E-state index in [0.717, 1.165) is 0 Å². The first-order valence-corrected chi connectivity index (χ1v) is 9.88. The van der Waals surface area contributed by atoms with Gasteiger partial charge >= 0.3 is 5.97 Å². The maximum atomic E-state index is 11.6. The summed E-state index contributed by atoms with van der Waals surface area (Å²) in [5, 5.41) is 39.7. The number of non-ortho nitro benzene ring substituents is 1. The van der Waals surface area contributed by atoms with Gasteiger partial charge in [-0.2, -0.15) is 0 Å². The summed E-state index contributed by atoms with van der Waals surface area (Å²) < 4.78 is 4.92. The van der Waals surface area contributed by atoms with Crippen LogP contribution in [0.15, 0.2) is 42.5 Å². The van der Waals surface area contributed by atoms with Crippen molar-refractivity contribution in [1.29, 1.82) is 0 Å². The number of rotatable bonds is 10. The predicted octanol–water partition coefficient (Wildman–Crippen LogP) is 1.91. The fourth-order valence-corrected chi connectivity index (χ4v) is 2.76. The number of aliphatic hydroxyl groups excluding tert-OH is 1. The maximum Gasteiger partial charge on any atom is 0.338 e. The van der Waals surface area contributed by atoms with Gasteiger partial charge in [-0.1, -0.05) is 0 Å². The number of esters is 1. The lowest BCUT2D eigenvalue weighted by Crippen LogP contribution is -2.39. The van der Waals surface area contributed by atoms with Crippen LogP contribution in [0.3, 0.4) is 0 Å². The topological polar surface area (TPSA) is 146 Å². The fraction of sp³-hybridized carbons (Fsp3) is 0.300. The van der Waals surface area contributed by atoms with Crippen LogP contribution in [0.4, 0.5) is 11.4 Å². The Bertz CT molecular complexity index is 922. The number of nitrogens with zero attached hydrogens (tertiary/aromatic N) is 1. The normalized spacial score (nSPS) is 11.4. The second kappa shape index (κ2) is 11.8. The molecule has 2 aromatic rings. The van der Waals surface area contributed by atoms with Crippen LogP contribution >= 0.6 is 12.2 Å². The summed E-state index contributed by atoms with van der Waals surface area (Å²) in [7, 11) is 0. The van der Waals surface area contributed by atoms with Crippen molar-refractivity contribution in [2.45, 2.75) is 19.6 Å². The number of thiocarbonyl (C=S) groups is 1. The molecule has 0 aliphatic carbocycles. The molecule has 1 unspecified atom stereocenters. The number of carbonyl (C=O) groups excluding carboxylic acids is 1. The molecule has 0 aromatic heterocycles. The van der Waals surface area contributed by atoms with E-state index in [1.54, 1.807) is 31.2 Å². The third kappa shape index (κ3) is 7.81. The van der Waals surface area contributed by atoms with Crippen molar-refractivity contribution in [1.82, 2.24) is 10.6 Å². The van der Waals surface area contributed by atoms with E-state index in [-0.39, 0.29) is 31.1 Å². The molecule has 0 heterocycles. The Hall–Kier alpha value is -3.28. The van der Waals surface area contributed by atoms with Crippen LogP contribution < -0.4 is 16.0 Å². The van der Waals surface area contributed by atoms with Gasteiger partial charge in [0.25, 0.3) is 5.69 Å². The summed E-state index contributed by atoms with van der Waals surface area (Å²) in [5.41, 5.74) is 1.34. The van der Waals surface area contributed by atoms with E-state index in [2.05, 4.69) is 16.0 Å². The van der Waals surface area contributed by atoms with E-state index < -0.39 is 17.0 Å². The number of aromatic hydroxyl groups is 1. The third-order valence-corrected chi connectivity index (χ3v) is 4.37. The van der Waals surface area contributed by atoms with Gasteiger partial charge in [0, 0.05) is 43.0 Å². The molecule has 0 bridgehead atoms. The number of carbonyl (C=O) groups is 1. The first kappa shape index (κ1) is 24.0. The molecule has 2 rings (SSSR count). The SMILES string of the molecule is CCOC(=O)c1ccc(NC(=S)NCC(O)CNCc2cc([N+](=O)[O-])ccc2O)cc1. The fourth-order valence-electron chi connectivity index (χ4n) is 2.56. The molecule has 11 heteroatoms. The van der Waals surface area contributed by atoms with Crippen molar-refractivity contribution in [2.24, 2.45) is 0 Å². The highest BCUT2D eigenvalue weighted by atomic mass is 32.1. The van der Waals surface area contributed by atoms with Crippen LogP contribution in [0, 0.1) is 10.1 Å². The van der Waals surface area contributed by atoms with Crippen LogP contribution in [0.2, 0.25) is 0 Å². The quantitative estimate of drug-likeness (QED) is 0.158. The number of hydrogen-bond donors (Lipinski definition) is 5. The van der Waals surface area contributed by atoms with Gasteiger partial charge in [-0.05, 0) is 49.5 Å². The molecule has 0 saturated carbocycles. The number of nitro benzene ring substituents is 1. The molecule has 0 amide bonds.